The van der Waals surface area contributed by atoms with Gasteiger partial charge in [-0.3, -0.25) is 4.31 Å². The summed E-state index contributed by atoms with van der Waals surface area (Å²) >= 11 is 0. The number of hydrogen-bond acceptors (Lipinski definition) is 3. The summed E-state index contributed by atoms with van der Waals surface area (Å²) in [6.07, 6.45) is 1.41. The first kappa shape index (κ1) is 17.2. The van der Waals surface area contributed by atoms with Crippen molar-refractivity contribution in [3.8, 4) is 0 Å². The molecule has 2 aromatic carbocycles. The van der Waals surface area contributed by atoms with E-state index in [2.05, 4.69) is 0 Å². The van der Waals surface area contributed by atoms with Crippen LogP contribution in [0.4, 0.5) is 14.5 Å². The number of furan rings is 1. The van der Waals surface area contributed by atoms with Gasteiger partial charge in [-0.25, -0.2) is 17.2 Å². The van der Waals surface area contributed by atoms with Crippen LogP contribution in [0.5, 0.6) is 0 Å². The van der Waals surface area contributed by atoms with Crippen molar-refractivity contribution in [2.45, 2.75) is 18.4 Å². The molecule has 0 saturated heterocycles. The Kier molecular flexibility index (Phi) is 4.59. The fourth-order valence-corrected chi connectivity index (χ4v) is 3.87. The van der Waals surface area contributed by atoms with Crippen LogP contribution < -0.4 is 4.31 Å². The van der Waals surface area contributed by atoms with Gasteiger partial charge in [0.25, 0.3) is 10.0 Å². The summed E-state index contributed by atoms with van der Waals surface area (Å²) in [6.45, 7) is 1.72. The van der Waals surface area contributed by atoms with Gasteiger partial charge in [-0.1, -0.05) is 17.7 Å². The molecule has 0 aliphatic heterocycles. The van der Waals surface area contributed by atoms with E-state index in [-0.39, 0.29) is 6.54 Å². The third-order valence-electron chi connectivity index (χ3n) is 3.66. The molecule has 0 aliphatic carbocycles. The van der Waals surface area contributed by atoms with E-state index in [4.69, 9.17) is 4.42 Å². The average molecular weight is 363 g/mol. The molecule has 0 radical (unpaired) electrons. The summed E-state index contributed by atoms with van der Waals surface area (Å²) in [5.74, 6) is -1.47. The SMILES string of the molecule is Cc1ccc(N(Cc2ccco2)S(=O)(=O)c2cc(F)ccc2F)cc1. The van der Waals surface area contributed by atoms with Crippen molar-refractivity contribution >= 4 is 15.7 Å². The quantitative estimate of drug-likeness (QED) is 0.680. The molecular formula is C18H15F2NO3S. The van der Waals surface area contributed by atoms with E-state index in [0.717, 1.165) is 22.0 Å². The lowest BCUT2D eigenvalue weighted by molar-refractivity contribution is 0.506. The van der Waals surface area contributed by atoms with Crippen LogP contribution in [-0.2, 0) is 16.6 Å². The summed E-state index contributed by atoms with van der Waals surface area (Å²) in [4.78, 5) is -0.723. The maximum Gasteiger partial charge on any atom is 0.267 e. The predicted molar refractivity (Wildman–Crippen MR) is 89.6 cm³/mol. The number of hydrogen-bond donors (Lipinski definition) is 0. The van der Waals surface area contributed by atoms with Gasteiger partial charge < -0.3 is 4.42 Å². The van der Waals surface area contributed by atoms with Gasteiger partial charge in [0.2, 0.25) is 0 Å². The van der Waals surface area contributed by atoms with Crippen molar-refractivity contribution < 1.29 is 21.6 Å². The topological polar surface area (TPSA) is 50.5 Å². The standard InChI is InChI=1S/C18H15F2NO3S/c1-13-4-7-15(8-5-13)21(12-16-3-2-10-24-16)25(22,23)18-11-14(19)6-9-17(18)20/h2-11H,12H2,1H3. The third kappa shape index (κ3) is 3.56. The van der Waals surface area contributed by atoms with Gasteiger partial charge in [0.05, 0.1) is 18.5 Å². The second-order valence-electron chi connectivity index (χ2n) is 5.50. The molecule has 0 saturated carbocycles. The number of rotatable bonds is 5. The average Bonchev–Trinajstić information content (AvgIpc) is 3.09. The Hall–Kier alpha value is -2.67. The van der Waals surface area contributed by atoms with Gasteiger partial charge in [-0.2, -0.15) is 0 Å². The van der Waals surface area contributed by atoms with Crippen LogP contribution in [-0.4, -0.2) is 8.42 Å². The first-order valence-electron chi connectivity index (χ1n) is 7.45. The van der Waals surface area contributed by atoms with E-state index < -0.39 is 26.6 Å². The number of anilines is 1. The van der Waals surface area contributed by atoms with Gasteiger partial charge >= 0.3 is 0 Å². The summed E-state index contributed by atoms with van der Waals surface area (Å²) in [5.41, 5.74) is 1.27. The third-order valence-corrected chi connectivity index (χ3v) is 5.45. The lowest BCUT2D eigenvalue weighted by Gasteiger charge is -2.24. The Balaban J connectivity index is 2.12. The lowest BCUT2D eigenvalue weighted by Crippen LogP contribution is -2.31. The molecule has 0 aliphatic rings. The Morgan fingerprint density at radius 1 is 1.04 bits per heavy atom. The van der Waals surface area contributed by atoms with Crippen LogP contribution in [0.15, 0.2) is 70.2 Å². The Morgan fingerprint density at radius 2 is 1.76 bits per heavy atom. The van der Waals surface area contributed by atoms with Crippen LogP contribution in [0.25, 0.3) is 0 Å². The maximum absolute atomic E-state index is 14.1. The smallest absolute Gasteiger partial charge is 0.267 e. The number of halogens is 2. The summed E-state index contributed by atoms with van der Waals surface area (Å²) < 4.78 is 59.8. The van der Waals surface area contributed by atoms with Gasteiger partial charge in [0, 0.05) is 0 Å². The molecule has 25 heavy (non-hydrogen) atoms. The molecular weight excluding hydrogens is 348 g/mol. The molecule has 0 spiro atoms. The molecule has 1 aromatic heterocycles. The van der Waals surface area contributed by atoms with Gasteiger partial charge in [0.1, 0.15) is 22.3 Å². The highest BCUT2D eigenvalue weighted by molar-refractivity contribution is 7.92. The van der Waals surface area contributed by atoms with Crippen molar-refractivity contribution in [2.24, 2.45) is 0 Å². The van der Waals surface area contributed by atoms with E-state index in [0.29, 0.717) is 17.5 Å². The number of benzene rings is 2. The Morgan fingerprint density at radius 3 is 2.40 bits per heavy atom. The molecule has 130 valence electrons. The van der Waals surface area contributed by atoms with Crippen LogP contribution in [0.1, 0.15) is 11.3 Å². The van der Waals surface area contributed by atoms with E-state index >= 15 is 0 Å². The van der Waals surface area contributed by atoms with Crippen molar-refractivity contribution in [1.29, 1.82) is 0 Å². The van der Waals surface area contributed by atoms with Crippen LogP contribution in [0.3, 0.4) is 0 Å². The summed E-state index contributed by atoms with van der Waals surface area (Å²) in [5, 5.41) is 0. The molecule has 0 N–H and O–H groups in total. The van der Waals surface area contributed by atoms with Gasteiger partial charge in [-0.05, 0) is 49.4 Å². The van der Waals surface area contributed by atoms with E-state index in [1.165, 1.54) is 6.26 Å². The molecule has 0 bridgehead atoms. The highest BCUT2D eigenvalue weighted by atomic mass is 32.2. The fraction of sp³-hybridized carbons (Fsp3) is 0.111. The molecule has 0 unspecified atom stereocenters. The normalized spacial score (nSPS) is 11.5. The van der Waals surface area contributed by atoms with E-state index in [9.17, 15) is 17.2 Å². The highest BCUT2D eigenvalue weighted by Crippen LogP contribution is 2.28. The largest absolute Gasteiger partial charge is 0.467 e. The van der Waals surface area contributed by atoms with Crippen LogP contribution in [0, 0.1) is 18.6 Å². The first-order chi connectivity index (χ1) is 11.9. The van der Waals surface area contributed by atoms with E-state index in [1.807, 2.05) is 6.92 Å². The van der Waals surface area contributed by atoms with Crippen molar-refractivity contribution in [3.63, 3.8) is 0 Å². The minimum atomic E-state index is -4.34. The van der Waals surface area contributed by atoms with Crippen LogP contribution >= 0.6 is 0 Å². The lowest BCUT2D eigenvalue weighted by atomic mass is 10.2. The van der Waals surface area contributed by atoms with Crippen molar-refractivity contribution in [1.82, 2.24) is 0 Å². The molecule has 7 heteroatoms. The highest BCUT2D eigenvalue weighted by Gasteiger charge is 2.29. The molecule has 0 fully saturated rings. The second-order valence-corrected chi connectivity index (χ2v) is 7.33. The number of nitrogens with zero attached hydrogens (tertiary/aromatic N) is 1. The number of aryl methyl sites for hydroxylation is 1. The Bertz CT molecular complexity index is 968. The van der Waals surface area contributed by atoms with Crippen LogP contribution in [0.2, 0.25) is 0 Å². The minimum Gasteiger partial charge on any atom is -0.467 e. The number of sulfonamides is 1. The molecule has 4 nitrogen and oxygen atoms in total. The molecule has 0 atom stereocenters. The zero-order valence-corrected chi connectivity index (χ0v) is 14.1. The fourth-order valence-electron chi connectivity index (χ4n) is 2.36. The molecule has 3 aromatic rings. The monoisotopic (exact) mass is 363 g/mol. The summed E-state index contributed by atoms with van der Waals surface area (Å²) in [6, 6.07) is 12.3. The van der Waals surface area contributed by atoms with Crippen molar-refractivity contribution in [2.75, 3.05) is 4.31 Å². The van der Waals surface area contributed by atoms with E-state index in [1.54, 1.807) is 36.4 Å². The molecule has 1 heterocycles. The van der Waals surface area contributed by atoms with Gasteiger partial charge in [0.15, 0.2) is 0 Å². The first-order valence-corrected chi connectivity index (χ1v) is 8.89. The van der Waals surface area contributed by atoms with Gasteiger partial charge in [-0.15, -0.1) is 0 Å². The minimum absolute atomic E-state index is 0.144. The zero-order chi connectivity index (χ0) is 18.0. The van der Waals surface area contributed by atoms with Crippen molar-refractivity contribution in [3.05, 3.63) is 83.8 Å². The summed E-state index contributed by atoms with van der Waals surface area (Å²) in [7, 11) is -4.34. The zero-order valence-electron chi connectivity index (χ0n) is 13.3. The molecule has 3 rings (SSSR count). The molecule has 0 amide bonds. The Labute approximate surface area is 144 Å². The predicted octanol–water partition coefficient (Wildman–Crippen LogP) is 4.26. The maximum atomic E-state index is 14.1. The second kappa shape index (κ2) is 6.68.